The van der Waals surface area contributed by atoms with Crippen molar-refractivity contribution in [2.24, 2.45) is 22.7 Å². The summed E-state index contributed by atoms with van der Waals surface area (Å²) in [5.74, 6) is 0.0350. The molecule has 4 rings (SSSR count). The summed E-state index contributed by atoms with van der Waals surface area (Å²) in [6.45, 7) is 28.3. The first-order valence-electron chi connectivity index (χ1n) is 24.0. The van der Waals surface area contributed by atoms with Crippen LogP contribution in [0.25, 0.3) is 0 Å². The maximum absolute atomic E-state index is 12.1. The van der Waals surface area contributed by atoms with E-state index < -0.39 is 0 Å². The predicted molar refractivity (Wildman–Crippen MR) is 237 cm³/mol. The average Bonchev–Trinajstić information content (AvgIpc) is 3.87. The second kappa shape index (κ2) is 25.0. The van der Waals surface area contributed by atoms with Crippen molar-refractivity contribution in [2.75, 3.05) is 0 Å². The molecule has 0 amide bonds. The summed E-state index contributed by atoms with van der Waals surface area (Å²) in [5.41, 5.74) is -1.27. The third-order valence-corrected chi connectivity index (χ3v) is 14.4. The van der Waals surface area contributed by atoms with Gasteiger partial charge in [0, 0.05) is 0 Å². The Bertz CT molecular complexity index is 1210. The smallest absolute Gasteiger partial charge is 0.312 e. The van der Waals surface area contributed by atoms with Gasteiger partial charge in [-0.05, 0) is 183 Å². The Kier molecular flexibility index (Phi) is 23.2. The molecule has 0 aromatic rings. The molecule has 8 nitrogen and oxygen atoms in total. The van der Waals surface area contributed by atoms with Crippen LogP contribution >= 0.6 is 0 Å². The van der Waals surface area contributed by atoms with E-state index in [2.05, 4.69) is 27.7 Å². The molecule has 0 spiro atoms. The lowest BCUT2D eigenvalue weighted by Crippen LogP contribution is -2.40. The van der Waals surface area contributed by atoms with E-state index in [0.717, 1.165) is 89.9 Å². The van der Waals surface area contributed by atoms with Crippen molar-refractivity contribution >= 4 is 23.9 Å². The van der Waals surface area contributed by atoms with Crippen molar-refractivity contribution in [1.82, 2.24) is 0 Å². The molecule has 0 saturated heterocycles. The first kappa shape index (κ1) is 53.9. The van der Waals surface area contributed by atoms with Crippen LogP contribution in [0.2, 0.25) is 0 Å². The molecule has 0 heterocycles. The van der Waals surface area contributed by atoms with Crippen LogP contribution in [-0.4, -0.2) is 46.3 Å². The van der Waals surface area contributed by atoms with E-state index in [0.29, 0.717) is 0 Å². The molecule has 0 bridgehead atoms. The van der Waals surface area contributed by atoms with Gasteiger partial charge < -0.3 is 18.9 Å². The van der Waals surface area contributed by atoms with E-state index in [9.17, 15) is 19.2 Å². The molecule has 0 radical (unpaired) electrons. The summed E-state index contributed by atoms with van der Waals surface area (Å²) in [6.07, 6.45) is 25.9. The van der Waals surface area contributed by atoms with Crippen LogP contribution in [0.5, 0.6) is 0 Å². The van der Waals surface area contributed by atoms with Crippen LogP contribution < -0.4 is 0 Å². The summed E-state index contributed by atoms with van der Waals surface area (Å²) in [4.78, 5) is 47.2. The lowest BCUT2D eigenvalue weighted by atomic mass is 9.82. The van der Waals surface area contributed by atoms with Gasteiger partial charge in [-0.15, -0.1) is 0 Å². The van der Waals surface area contributed by atoms with Crippen LogP contribution in [0.4, 0.5) is 0 Å². The summed E-state index contributed by atoms with van der Waals surface area (Å²) in [6, 6.07) is 0. The third kappa shape index (κ3) is 17.8. The Balaban J connectivity index is 0.000000388. The highest BCUT2D eigenvalue weighted by Gasteiger charge is 2.40. The molecular formula is C50H92O8. The number of carbonyl (C=O) groups excluding carboxylic acids is 4. The first-order valence-corrected chi connectivity index (χ1v) is 24.0. The van der Waals surface area contributed by atoms with Crippen LogP contribution in [0.3, 0.4) is 0 Å². The molecule has 58 heavy (non-hydrogen) atoms. The summed E-state index contributed by atoms with van der Waals surface area (Å²) in [5, 5.41) is 0. The average molecular weight is 821 g/mol. The number of hydrogen-bond donors (Lipinski definition) is 0. The Morgan fingerprint density at radius 1 is 0.448 bits per heavy atom. The van der Waals surface area contributed by atoms with Gasteiger partial charge in [0.1, 0.15) is 22.4 Å². The topological polar surface area (TPSA) is 105 Å². The van der Waals surface area contributed by atoms with Gasteiger partial charge in [0.25, 0.3) is 0 Å². The van der Waals surface area contributed by atoms with Crippen LogP contribution in [0.15, 0.2) is 0 Å². The quantitative estimate of drug-likeness (QED) is 0.126. The third-order valence-electron chi connectivity index (χ3n) is 14.4. The van der Waals surface area contributed by atoms with Crippen LogP contribution in [-0.2, 0) is 38.1 Å². The van der Waals surface area contributed by atoms with Crippen LogP contribution in [0.1, 0.15) is 251 Å². The molecule has 8 heteroatoms. The van der Waals surface area contributed by atoms with E-state index in [1.54, 1.807) is 0 Å². The SMILES string of the molecule is CCC(C)(C)C(=O)OC1(C)CCCCC1.CCC(C)C(=O)OC1(C)CCCC1.CCC(C)C(=O)OC1(CC)CCCC1.CCC1(OC(=O)C(C)(C)CC)CCCCC1. The Morgan fingerprint density at radius 2 is 0.741 bits per heavy atom. The van der Waals surface area contributed by atoms with Gasteiger partial charge >= 0.3 is 23.9 Å². The van der Waals surface area contributed by atoms with Crippen molar-refractivity contribution in [3.63, 3.8) is 0 Å². The van der Waals surface area contributed by atoms with Gasteiger partial charge in [0.2, 0.25) is 0 Å². The van der Waals surface area contributed by atoms with Crippen LogP contribution in [0, 0.1) is 22.7 Å². The molecule has 0 aromatic carbocycles. The highest BCUT2D eigenvalue weighted by molar-refractivity contribution is 5.77. The molecule has 4 saturated carbocycles. The molecule has 340 valence electrons. The normalized spacial score (nSPS) is 21.5. The monoisotopic (exact) mass is 821 g/mol. The maximum atomic E-state index is 12.1. The molecule has 0 aromatic heterocycles. The van der Waals surface area contributed by atoms with Gasteiger partial charge in [-0.2, -0.15) is 0 Å². The fourth-order valence-electron chi connectivity index (χ4n) is 7.87. The van der Waals surface area contributed by atoms with Gasteiger partial charge in [0.05, 0.1) is 22.7 Å². The summed E-state index contributed by atoms with van der Waals surface area (Å²) >= 11 is 0. The van der Waals surface area contributed by atoms with E-state index in [4.69, 9.17) is 18.9 Å². The number of rotatable bonds is 14. The Labute approximate surface area is 357 Å². The highest BCUT2D eigenvalue weighted by atomic mass is 16.6. The zero-order valence-corrected chi connectivity index (χ0v) is 40.4. The second-order valence-electron chi connectivity index (χ2n) is 20.2. The fraction of sp³-hybridized carbons (Fsp3) is 0.920. The molecular weight excluding hydrogens is 729 g/mol. The number of ether oxygens (including phenoxy) is 4. The molecule has 0 aliphatic heterocycles. The molecule has 2 atom stereocenters. The number of carbonyl (C=O) groups is 4. The molecule has 0 N–H and O–H groups in total. The van der Waals surface area contributed by atoms with Gasteiger partial charge in [-0.3, -0.25) is 19.2 Å². The molecule has 4 aliphatic carbocycles. The van der Waals surface area contributed by atoms with Crippen molar-refractivity contribution < 1.29 is 38.1 Å². The maximum Gasteiger partial charge on any atom is 0.312 e. The molecule has 4 fully saturated rings. The highest BCUT2D eigenvalue weighted by Crippen LogP contribution is 2.39. The summed E-state index contributed by atoms with van der Waals surface area (Å²) < 4.78 is 22.7. The van der Waals surface area contributed by atoms with Gasteiger partial charge in [-0.25, -0.2) is 0 Å². The molecule has 2 unspecified atom stereocenters. The zero-order chi connectivity index (χ0) is 44.3. The second-order valence-corrected chi connectivity index (χ2v) is 20.2. The largest absolute Gasteiger partial charge is 0.459 e. The zero-order valence-electron chi connectivity index (χ0n) is 40.4. The minimum absolute atomic E-state index is 0.00347. The molecule has 4 aliphatic rings. The van der Waals surface area contributed by atoms with Gasteiger partial charge in [0.15, 0.2) is 0 Å². The van der Waals surface area contributed by atoms with E-state index in [1.807, 2.05) is 69.2 Å². The van der Waals surface area contributed by atoms with E-state index in [-0.39, 0.29) is 68.9 Å². The van der Waals surface area contributed by atoms with Crippen molar-refractivity contribution in [3.8, 4) is 0 Å². The van der Waals surface area contributed by atoms with Crippen molar-refractivity contribution in [3.05, 3.63) is 0 Å². The Hall–Kier alpha value is -2.12. The van der Waals surface area contributed by atoms with E-state index >= 15 is 0 Å². The van der Waals surface area contributed by atoms with E-state index in [1.165, 1.54) is 64.2 Å². The van der Waals surface area contributed by atoms with Crippen molar-refractivity contribution in [1.29, 1.82) is 0 Å². The minimum atomic E-state index is -0.334. The summed E-state index contributed by atoms with van der Waals surface area (Å²) in [7, 11) is 0. The standard InChI is InChI=1S/C14H26O2.C13H24O2.C12H22O2.C11H20O2/c1-5-13(3,4)12(15)16-14(6-2)10-8-7-9-11-14;1-5-12(2,3)11(14)15-13(4)9-7-6-8-10-13;1-4-10(3)11(13)14-12(5-2)8-6-7-9-12;1-4-9(2)10(12)13-11(3)7-5-6-8-11/h5-11H2,1-4H3;5-10H2,1-4H3;10H,4-9H2,1-3H3;9H,4-8H2,1-3H3. The lowest BCUT2D eigenvalue weighted by Gasteiger charge is -2.38. The lowest BCUT2D eigenvalue weighted by molar-refractivity contribution is -0.175. The minimum Gasteiger partial charge on any atom is -0.459 e. The van der Waals surface area contributed by atoms with Gasteiger partial charge in [-0.1, -0.05) is 68.2 Å². The first-order chi connectivity index (χ1) is 27.1. The fourth-order valence-corrected chi connectivity index (χ4v) is 7.87. The number of hydrogen-bond acceptors (Lipinski definition) is 8. The van der Waals surface area contributed by atoms with Crippen molar-refractivity contribution in [2.45, 2.75) is 273 Å². The predicted octanol–water partition coefficient (Wildman–Crippen LogP) is 14.0. The Morgan fingerprint density at radius 3 is 1.10 bits per heavy atom. The number of esters is 4.